The van der Waals surface area contributed by atoms with E-state index in [1.807, 2.05) is 0 Å². The second-order valence-electron chi connectivity index (χ2n) is 4.75. The zero-order chi connectivity index (χ0) is 12.9. The van der Waals surface area contributed by atoms with Crippen LogP contribution in [0.5, 0.6) is 0 Å². The molecular formula is C12H17Cl2NO2. The maximum Gasteiger partial charge on any atom is 0.256 e. The largest absolute Gasteiger partial charge is 0.452 e. The summed E-state index contributed by atoms with van der Waals surface area (Å²) in [6.45, 7) is 4.78. The molecule has 0 radical (unpaired) electrons. The van der Waals surface area contributed by atoms with Crippen LogP contribution in [-0.4, -0.2) is 18.3 Å². The van der Waals surface area contributed by atoms with E-state index in [2.05, 4.69) is 19.2 Å². The van der Waals surface area contributed by atoms with Crippen LogP contribution in [0.1, 0.15) is 37.0 Å². The van der Waals surface area contributed by atoms with Gasteiger partial charge in [0.25, 0.3) is 5.91 Å². The van der Waals surface area contributed by atoms with Gasteiger partial charge in [-0.25, -0.2) is 0 Å². The van der Waals surface area contributed by atoms with Crippen molar-refractivity contribution in [1.82, 2.24) is 5.32 Å². The average Bonchev–Trinajstić information content (AvgIpc) is 2.70. The van der Waals surface area contributed by atoms with Crippen LogP contribution in [-0.2, 0) is 0 Å². The van der Waals surface area contributed by atoms with Gasteiger partial charge in [-0.15, -0.1) is 11.6 Å². The standard InChI is InChI=1S/C12H17Cl2NO2/c1-12(2,5-3-6-13)8-15-11(16)9-4-7-17-10(9)14/h4,7H,3,5-6,8H2,1-2H3,(H,15,16). The van der Waals surface area contributed by atoms with Gasteiger partial charge in [0.2, 0.25) is 5.22 Å². The van der Waals surface area contributed by atoms with E-state index in [-0.39, 0.29) is 16.5 Å². The zero-order valence-electron chi connectivity index (χ0n) is 10.1. The Morgan fingerprint density at radius 1 is 1.53 bits per heavy atom. The molecule has 0 saturated carbocycles. The highest BCUT2D eigenvalue weighted by atomic mass is 35.5. The summed E-state index contributed by atoms with van der Waals surface area (Å²) in [6.07, 6.45) is 3.31. The molecule has 5 heteroatoms. The summed E-state index contributed by atoms with van der Waals surface area (Å²) in [5.74, 6) is 0.438. The predicted octanol–water partition coefficient (Wildman–Crippen LogP) is 3.71. The third kappa shape index (κ3) is 4.60. The van der Waals surface area contributed by atoms with Gasteiger partial charge in [0.1, 0.15) is 0 Å². The number of rotatable bonds is 6. The highest BCUT2D eigenvalue weighted by Gasteiger charge is 2.20. The third-order valence-corrected chi connectivity index (χ3v) is 3.14. The van der Waals surface area contributed by atoms with Crippen LogP contribution in [0.2, 0.25) is 5.22 Å². The van der Waals surface area contributed by atoms with Crippen LogP contribution in [0.3, 0.4) is 0 Å². The van der Waals surface area contributed by atoms with Gasteiger partial charge in [0.05, 0.1) is 11.8 Å². The second-order valence-corrected chi connectivity index (χ2v) is 5.47. The minimum atomic E-state index is -0.206. The van der Waals surface area contributed by atoms with Crippen molar-refractivity contribution < 1.29 is 9.21 Å². The molecular weight excluding hydrogens is 261 g/mol. The van der Waals surface area contributed by atoms with Crippen molar-refractivity contribution in [2.24, 2.45) is 5.41 Å². The molecule has 1 amide bonds. The Bertz CT molecular complexity index is 374. The number of amides is 1. The topological polar surface area (TPSA) is 42.2 Å². The Morgan fingerprint density at radius 2 is 2.24 bits per heavy atom. The van der Waals surface area contributed by atoms with E-state index in [9.17, 15) is 4.79 Å². The molecule has 17 heavy (non-hydrogen) atoms. The molecule has 96 valence electrons. The van der Waals surface area contributed by atoms with Crippen LogP contribution in [0.25, 0.3) is 0 Å². The van der Waals surface area contributed by atoms with Crippen LogP contribution < -0.4 is 5.32 Å². The third-order valence-electron chi connectivity index (χ3n) is 2.58. The predicted molar refractivity (Wildman–Crippen MR) is 69.8 cm³/mol. The summed E-state index contributed by atoms with van der Waals surface area (Å²) in [5.41, 5.74) is 0.403. The maximum absolute atomic E-state index is 11.8. The fourth-order valence-corrected chi connectivity index (χ4v) is 1.84. The summed E-state index contributed by atoms with van der Waals surface area (Å²) in [7, 11) is 0. The number of hydrogen-bond donors (Lipinski definition) is 1. The average molecular weight is 278 g/mol. The summed E-state index contributed by atoms with van der Waals surface area (Å²) in [4.78, 5) is 11.8. The smallest absolute Gasteiger partial charge is 0.256 e. The Hall–Kier alpha value is -0.670. The monoisotopic (exact) mass is 277 g/mol. The van der Waals surface area contributed by atoms with Crippen molar-refractivity contribution >= 4 is 29.1 Å². The molecule has 3 nitrogen and oxygen atoms in total. The molecule has 0 aliphatic rings. The number of carbonyl (C=O) groups is 1. The van der Waals surface area contributed by atoms with Crippen LogP contribution in [0, 0.1) is 5.41 Å². The molecule has 0 atom stereocenters. The molecule has 0 spiro atoms. The molecule has 0 bridgehead atoms. The molecule has 1 heterocycles. The molecule has 0 saturated heterocycles. The first-order valence-corrected chi connectivity index (χ1v) is 6.45. The van der Waals surface area contributed by atoms with E-state index >= 15 is 0 Å². The quantitative estimate of drug-likeness (QED) is 0.806. The van der Waals surface area contributed by atoms with E-state index in [0.717, 1.165) is 12.8 Å². The van der Waals surface area contributed by atoms with Crippen LogP contribution in [0.4, 0.5) is 0 Å². The minimum Gasteiger partial charge on any atom is -0.452 e. The van der Waals surface area contributed by atoms with Gasteiger partial charge in [0, 0.05) is 12.4 Å². The SMILES string of the molecule is CC(C)(CCCCl)CNC(=O)c1ccoc1Cl. The molecule has 1 aromatic rings. The van der Waals surface area contributed by atoms with Gasteiger partial charge in [-0.2, -0.15) is 0 Å². The maximum atomic E-state index is 11.8. The number of halogens is 2. The van der Waals surface area contributed by atoms with E-state index in [0.29, 0.717) is 18.0 Å². The first kappa shape index (κ1) is 14.4. The Morgan fingerprint density at radius 3 is 2.76 bits per heavy atom. The van der Waals surface area contributed by atoms with Crippen molar-refractivity contribution in [3.63, 3.8) is 0 Å². The van der Waals surface area contributed by atoms with Crippen molar-refractivity contribution in [1.29, 1.82) is 0 Å². The molecule has 0 unspecified atom stereocenters. The summed E-state index contributed by atoms with van der Waals surface area (Å²) >= 11 is 11.4. The number of alkyl halides is 1. The molecule has 0 aliphatic carbocycles. The summed E-state index contributed by atoms with van der Waals surface area (Å²) in [5, 5.41) is 2.97. The molecule has 1 rings (SSSR count). The van der Waals surface area contributed by atoms with Crippen molar-refractivity contribution in [3.8, 4) is 0 Å². The van der Waals surface area contributed by atoms with Crippen LogP contribution in [0.15, 0.2) is 16.7 Å². The van der Waals surface area contributed by atoms with E-state index in [1.54, 1.807) is 6.07 Å². The normalized spacial score (nSPS) is 11.5. The molecule has 0 aromatic carbocycles. The van der Waals surface area contributed by atoms with E-state index in [1.165, 1.54) is 6.26 Å². The Balaban J connectivity index is 2.45. The lowest BCUT2D eigenvalue weighted by molar-refractivity contribution is 0.0934. The Kier molecular flexibility index (Phi) is 5.34. The van der Waals surface area contributed by atoms with Gasteiger partial charge in [-0.3, -0.25) is 4.79 Å². The van der Waals surface area contributed by atoms with E-state index in [4.69, 9.17) is 27.6 Å². The van der Waals surface area contributed by atoms with Gasteiger partial charge >= 0.3 is 0 Å². The molecule has 0 aliphatic heterocycles. The van der Waals surface area contributed by atoms with Crippen LogP contribution >= 0.6 is 23.2 Å². The molecule has 1 aromatic heterocycles. The zero-order valence-corrected chi connectivity index (χ0v) is 11.6. The first-order chi connectivity index (χ1) is 7.96. The van der Waals surface area contributed by atoms with E-state index < -0.39 is 0 Å². The lowest BCUT2D eigenvalue weighted by Crippen LogP contribution is -2.34. The van der Waals surface area contributed by atoms with Gasteiger partial charge in [-0.05, 0) is 35.9 Å². The Labute approximate surface area is 111 Å². The van der Waals surface area contributed by atoms with Crippen molar-refractivity contribution in [2.45, 2.75) is 26.7 Å². The highest BCUT2D eigenvalue weighted by molar-refractivity contribution is 6.32. The highest BCUT2D eigenvalue weighted by Crippen LogP contribution is 2.22. The molecule has 0 fully saturated rings. The van der Waals surface area contributed by atoms with Gasteiger partial charge < -0.3 is 9.73 Å². The number of nitrogens with one attached hydrogen (secondary N) is 1. The number of furan rings is 1. The first-order valence-electron chi connectivity index (χ1n) is 5.53. The fraction of sp³-hybridized carbons (Fsp3) is 0.583. The lowest BCUT2D eigenvalue weighted by Gasteiger charge is -2.24. The van der Waals surface area contributed by atoms with Gasteiger partial charge in [-0.1, -0.05) is 13.8 Å². The number of hydrogen-bond acceptors (Lipinski definition) is 2. The van der Waals surface area contributed by atoms with Gasteiger partial charge in [0.15, 0.2) is 0 Å². The summed E-state index contributed by atoms with van der Waals surface area (Å²) in [6, 6.07) is 1.56. The summed E-state index contributed by atoms with van der Waals surface area (Å²) < 4.78 is 4.87. The van der Waals surface area contributed by atoms with Crippen molar-refractivity contribution in [3.05, 3.63) is 23.1 Å². The minimum absolute atomic E-state index is 0.0285. The fourth-order valence-electron chi connectivity index (χ4n) is 1.50. The molecule has 1 N–H and O–H groups in total. The second kappa shape index (κ2) is 6.31. The van der Waals surface area contributed by atoms with Crippen molar-refractivity contribution in [2.75, 3.05) is 12.4 Å². The lowest BCUT2D eigenvalue weighted by atomic mass is 9.88. The number of carbonyl (C=O) groups excluding carboxylic acids is 1.